The molecule has 0 aliphatic rings. The fourth-order valence-corrected chi connectivity index (χ4v) is 1.82. The Labute approximate surface area is 122 Å². The van der Waals surface area contributed by atoms with Crippen LogP contribution in [0.4, 0.5) is 10.2 Å². The van der Waals surface area contributed by atoms with E-state index in [1.54, 1.807) is 12.4 Å². The van der Waals surface area contributed by atoms with Gasteiger partial charge in [0.05, 0.1) is 11.8 Å². The normalized spacial score (nSPS) is 10.4. The van der Waals surface area contributed by atoms with Crippen molar-refractivity contribution in [3.63, 3.8) is 0 Å². The van der Waals surface area contributed by atoms with Crippen molar-refractivity contribution in [3.8, 4) is 0 Å². The van der Waals surface area contributed by atoms with Crippen LogP contribution >= 0.6 is 0 Å². The lowest BCUT2D eigenvalue weighted by atomic mass is 10.2. The average Bonchev–Trinajstić information content (AvgIpc) is 2.99. The van der Waals surface area contributed by atoms with Gasteiger partial charge in [0.2, 0.25) is 0 Å². The summed E-state index contributed by atoms with van der Waals surface area (Å²) in [5.74, 6) is 0.297. The monoisotopic (exact) mass is 291 g/mol. The number of anilines is 1. The summed E-state index contributed by atoms with van der Waals surface area (Å²) < 4.78 is 13.3. The van der Waals surface area contributed by atoms with E-state index in [-0.39, 0.29) is 11.5 Å². The Balaban J connectivity index is 1.98. The van der Waals surface area contributed by atoms with Gasteiger partial charge in [-0.1, -0.05) is 6.92 Å². The third-order valence-corrected chi connectivity index (χ3v) is 2.84. The molecule has 0 aromatic carbocycles. The van der Waals surface area contributed by atoms with E-state index >= 15 is 0 Å². The van der Waals surface area contributed by atoms with E-state index < -0.39 is 5.82 Å². The van der Waals surface area contributed by atoms with Crippen LogP contribution in [0, 0.1) is 5.82 Å². The number of hydrogen-bond donors (Lipinski definition) is 3. The van der Waals surface area contributed by atoms with E-state index in [1.165, 1.54) is 6.07 Å². The maximum absolute atomic E-state index is 13.3. The molecule has 0 spiro atoms. The largest absolute Gasteiger partial charge is 0.369 e. The number of carbonyl (C=O) groups is 1. The number of pyridine rings is 1. The predicted molar refractivity (Wildman–Crippen MR) is 77.6 cm³/mol. The number of rotatable bonds is 7. The van der Waals surface area contributed by atoms with Crippen molar-refractivity contribution in [2.45, 2.75) is 19.8 Å². The van der Waals surface area contributed by atoms with Crippen LogP contribution in [0.3, 0.4) is 0 Å². The third kappa shape index (κ3) is 4.27. The smallest absolute Gasteiger partial charge is 0.255 e. The molecule has 112 valence electrons. The summed E-state index contributed by atoms with van der Waals surface area (Å²) in [5.41, 5.74) is 0.211. The van der Waals surface area contributed by atoms with E-state index in [0.717, 1.165) is 18.4 Å². The van der Waals surface area contributed by atoms with Gasteiger partial charge in [0.15, 0.2) is 0 Å². The lowest BCUT2D eigenvalue weighted by Crippen LogP contribution is -2.27. The molecule has 7 heteroatoms. The van der Waals surface area contributed by atoms with E-state index in [0.29, 0.717) is 25.3 Å². The molecule has 0 aliphatic heterocycles. The molecule has 21 heavy (non-hydrogen) atoms. The molecule has 0 bridgehead atoms. The molecule has 0 saturated carbocycles. The van der Waals surface area contributed by atoms with Gasteiger partial charge < -0.3 is 15.6 Å². The zero-order chi connectivity index (χ0) is 15.1. The van der Waals surface area contributed by atoms with Gasteiger partial charge in [0.25, 0.3) is 5.91 Å². The van der Waals surface area contributed by atoms with Crippen LogP contribution in [0.25, 0.3) is 0 Å². The average molecular weight is 291 g/mol. The van der Waals surface area contributed by atoms with Crippen molar-refractivity contribution >= 4 is 11.7 Å². The highest BCUT2D eigenvalue weighted by molar-refractivity contribution is 5.98. The maximum atomic E-state index is 13.3. The molecule has 2 aromatic heterocycles. The number of carbonyl (C=O) groups excluding carboxylic acids is 1. The second kappa shape index (κ2) is 7.37. The van der Waals surface area contributed by atoms with Gasteiger partial charge in [-0.15, -0.1) is 0 Å². The molecule has 2 aromatic rings. The molecule has 1 amide bonds. The fourth-order valence-electron chi connectivity index (χ4n) is 1.82. The number of nitrogens with zero attached hydrogens (tertiary/aromatic N) is 2. The molecule has 0 saturated heterocycles. The summed E-state index contributed by atoms with van der Waals surface area (Å²) in [6.45, 7) is 3.08. The highest BCUT2D eigenvalue weighted by atomic mass is 19.1. The topological polar surface area (TPSA) is 82.7 Å². The minimum atomic E-state index is -0.534. The van der Waals surface area contributed by atoms with Crippen LogP contribution in [0.2, 0.25) is 0 Å². The van der Waals surface area contributed by atoms with Gasteiger partial charge in [-0.3, -0.25) is 4.79 Å². The van der Waals surface area contributed by atoms with Crippen molar-refractivity contribution in [2.24, 2.45) is 0 Å². The molecule has 2 heterocycles. The molecule has 0 unspecified atom stereocenters. The first kappa shape index (κ1) is 15.0. The molecule has 0 fully saturated rings. The van der Waals surface area contributed by atoms with Crippen molar-refractivity contribution in [2.75, 3.05) is 18.4 Å². The van der Waals surface area contributed by atoms with Crippen molar-refractivity contribution < 1.29 is 9.18 Å². The maximum Gasteiger partial charge on any atom is 0.255 e. The summed E-state index contributed by atoms with van der Waals surface area (Å²) in [7, 11) is 0. The van der Waals surface area contributed by atoms with Gasteiger partial charge in [0, 0.05) is 31.9 Å². The highest BCUT2D eigenvalue weighted by Gasteiger charge is 2.13. The summed E-state index contributed by atoms with van der Waals surface area (Å²) in [6.07, 6.45) is 5.94. The number of nitrogens with one attached hydrogen (secondary N) is 3. The van der Waals surface area contributed by atoms with Gasteiger partial charge in [0.1, 0.15) is 17.5 Å². The third-order valence-electron chi connectivity index (χ3n) is 2.84. The number of H-pyrrole nitrogens is 1. The number of aromatic amines is 1. The van der Waals surface area contributed by atoms with Crippen LogP contribution < -0.4 is 10.6 Å². The lowest BCUT2D eigenvalue weighted by molar-refractivity contribution is 0.0954. The highest BCUT2D eigenvalue weighted by Crippen LogP contribution is 2.13. The van der Waals surface area contributed by atoms with E-state index in [4.69, 9.17) is 0 Å². The first-order valence-electron chi connectivity index (χ1n) is 6.86. The van der Waals surface area contributed by atoms with Crippen molar-refractivity contribution in [1.82, 2.24) is 20.3 Å². The number of aromatic nitrogens is 3. The van der Waals surface area contributed by atoms with Crippen LogP contribution in [0.15, 0.2) is 24.7 Å². The quantitative estimate of drug-likeness (QED) is 0.725. The van der Waals surface area contributed by atoms with E-state index in [9.17, 15) is 9.18 Å². The van der Waals surface area contributed by atoms with Gasteiger partial charge in [-0.2, -0.15) is 0 Å². The van der Waals surface area contributed by atoms with Gasteiger partial charge in [-0.25, -0.2) is 14.4 Å². The molecule has 0 aliphatic carbocycles. The Morgan fingerprint density at radius 3 is 2.95 bits per heavy atom. The number of halogens is 1. The minimum Gasteiger partial charge on any atom is -0.369 e. The molecule has 3 N–H and O–H groups in total. The minimum absolute atomic E-state index is 0.211. The van der Waals surface area contributed by atoms with E-state index in [2.05, 4.69) is 25.6 Å². The zero-order valence-electron chi connectivity index (χ0n) is 11.8. The first-order chi connectivity index (χ1) is 10.2. The molecule has 0 atom stereocenters. The number of imidazole rings is 1. The van der Waals surface area contributed by atoms with Crippen molar-refractivity contribution in [1.29, 1.82) is 0 Å². The van der Waals surface area contributed by atoms with Crippen LogP contribution in [-0.4, -0.2) is 33.9 Å². The molecular weight excluding hydrogens is 273 g/mol. The Kier molecular flexibility index (Phi) is 5.25. The fraction of sp³-hybridized carbons (Fsp3) is 0.357. The zero-order valence-corrected chi connectivity index (χ0v) is 11.8. The SMILES string of the molecule is CCCNc1ncc(F)cc1C(=O)NCCc1ncc[nH]1. The Morgan fingerprint density at radius 1 is 1.38 bits per heavy atom. The molecule has 6 nitrogen and oxygen atoms in total. The Morgan fingerprint density at radius 2 is 2.24 bits per heavy atom. The summed E-state index contributed by atoms with van der Waals surface area (Å²) >= 11 is 0. The van der Waals surface area contributed by atoms with Gasteiger partial charge >= 0.3 is 0 Å². The lowest BCUT2D eigenvalue weighted by Gasteiger charge is -2.10. The Hall–Kier alpha value is -2.44. The van der Waals surface area contributed by atoms with Crippen LogP contribution in [-0.2, 0) is 6.42 Å². The molecule has 2 rings (SSSR count). The summed E-state index contributed by atoms with van der Waals surface area (Å²) in [4.78, 5) is 23.1. The first-order valence-corrected chi connectivity index (χ1v) is 6.86. The second-order valence-corrected chi connectivity index (χ2v) is 4.52. The molecular formula is C14H18FN5O. The van der Waals surface area contributed by atoms with Crippen LogP contribution in [0.1, 0.15) is 29.5 Å². The second-order valence-electron chi connectivity index (χ2n) is 4.52. The number of hydrogen-bond acceptors (Lipinski definition) is 4. The standard InChI is InChI=1S/C14H18FN5O/c1-2-4-18-13-11(8-10(15)9-20-13)14(21)19-5-3-12-16-6-7-17-12/h6-9H,2-5H2,1H3,(H,16,17)(H,18,20)(H,19,21). The van der Waals surface area contributed by atoms with E-state index in [1.807, 2.05) is 6.92 Å². The van der Waals surface area contributed by atoms with Gasteiger partial charge in [-0.05, 0) is 12.5 Å². The summed E-state index contributed by atoms with van der Waals surface area (Å²) in [5, 5.41) is 5.75. The summed E-state index contributed by atoms with van der Waals surface area (Å²) in [6, 6.07) is 1.19. The molecule has 0 radical (unpaired) electrons. The Bertz CT molecular complexity index is 585. The van der Waals surface area contributed by atoms with Crippen LogP contribution in [0.5, 0.6) is 0 Å². The van der Waals surface area contributed by atoms with Crippen molar-refractivity contribution in [3.05, 3.63) is 41.9 Å². The number of amides is 1. The predicted octanol–water partition coefficient (Wildman–Crippen LogP) is 1.74.